The normalized spacial score (nSPS) is 18.0. The van der Waals surface area contributed by atoms with Crippen LogP contribution < -0.4 is 0 Å². The fourth-order valence-corrected chi connectivity index (χ4v) is 16.6. The maximum Gasteiger partial charge on any atom is 0.135 e. The highest BCUT2D eigenvalue weighted by Gasteiger charge is 2.37. The minimum atomic E-state index is -1.34. The molecule has 1 aliphatic rings. The Labute approximate surface area is 747 Å². The van der Waals surface area contributed by atoms with E-state index in [-0.39, 0.29) is 126 Å². The highest BCUT2D eigenvalue weighted by molar-refractivity contribution is 6.27. The van der Waals surface area contributed by atoms with Gasteiger partial charge in [0.25, 0.3) is 0 Å². The quantitative estimate of drug-likeness (QED) is 0.149. The SMILES string of the molecule is [2H]c1c([2H])c([2H])c(-c2c([2H])c([2H])c([2H])c([2H])c2-c2c3c([2H])c([2H])c([2H])c([2H])c3c(-c3ccc4oc5ccccc5c4c3)c3c([2H])c([2H])c([2H])c([2H])c23)c([2H])c1[2H].[2H]c1c([2H])c([2H])c2c(-c3c4c([2H])c([2H])c([2H])c([2H])c4c(-c4ccc5oc6ccccc6c5c4)c4c([2H])c([2H])c([2H])c([2H])c34)c([2H])c([2H])c([2H])c2c1[2H].[2H]c1c([2H])c([2H])c2c(c1[2H])-c1c(-c3c4c([2H])c([2H])c([2H])c([2H])c4c(-c4ccc5oc6ccccc6c5c4)c4c([2H])c([2H])c([2H])c([2H])c34)c([2H])c([2H])c([2H])c1C2(C)C. The van der Waals surface area contributed by atoms with Crippen molar-refractivity contribution in [2.45, 2.75) is 19.3 Å². The summed E-state index contributed by atoms with van der Waals surface area (Å²) in [4.78, 5) is 0. The van der Waals surface area contributed by atoms with Crippen LogP contribution in [0.3, 0.4) is 0 Å². The first-order valence-corrected chi connectivity index (χ1v) is 36.9. The van der Waals surface area contributed by atoms with Crippen LogP contribution in [0.1, 0.15) is 89.4 Å². The third-order valence-corrected chi connectivity index (χ3v) is 21.7. The van der Waals surface area contributed by atoms with Gasteiger partial charge in [-0.05, 0) is 230 Å². The molecule has 0 atom stereocenters. The van der Waals surface area contributed by atoms with Crippen LogP contribution in [0.4, 0.5) is 0 Å². The Kier molecular flexibility index (Phi) is 8.44. The van der Waals surface area contributed by atoms with Crippen molar-refractivity contribution in [1.82, 2.24) is 0 Å². The van der Waals surface area contributed by atoms with E-state index >= 15 is 0 Å². The summed E-state index contributed by atoms with van der Waals surface area (Å²) in [5.41, 5.74) is -0.769. The second-order valence-electron chi connectivity index (χ2n) is 28.3. The molecule has 24 aromatic rings. The Morgan fingerprint density at radius 1 is 0.186 bits per heavy atom. The van der Waals surface area contributed by atoms with Gasteiger partial charge >= 0.3 is 0 Å². The average molecular weight is 1550 g/mol. The van der Waals surface area contributed by atoms with Crippen molar-refractivity contribution in [3.8, 4) is 89.0 Å². The first-order valence-electron chi connectivity index (χ1n) is 60.4. The van der Waals surface area contributed by atoms with Gasteiger partial charge in [0.05, 0.1) is 64.4 Å². The van der Waals surface area contributed by atoms with Gasteiger partial charge in [0.2, 0.25) is 0 Å². The zero-order valence-corrected chi connectivity index (χ0v) is 61.3. The van der Waals surface area contributed by atoms with Gasteiger partial charge in [0.1, 0.15) is 33.5 Å². The maximum atomic E-state index is 9.50. The van der Waals surface area contributed by atoms with Crippen LogP contribution >= 0.6 is 0 Å². The summed E-state index contributed by atoms with van der Waals surface area (Å²) in [5.74, 6) is 0. The standard InChI is InChI=1S/C41H28O.C38H24O.C36H22O/c1-41(2)34-19-9-7-17-31(34)40-32(18-11-20-35(40)41)39-29-15-5-3-13-27(29)38(28-14-4-6-16-30(28)39)25-22-23-37-33(24-25)26-12-8-10-21-36(26)42-37;1-2-12-25(13-3-1)27-14-4-5-16-29(27)38-32-19-8-6-17-30(32)37(31-18-7-9-20-33(31)38)26-22-23-36-34(24-26)28-15-10-11-21-35(28)39-36;1-2-12-25-23(10-1)11-9-18-27(25)36-30-16-5-3-14-28(30)35(29-15-4-6-17-31(29)36)24-20-21-34-32(22-24)26-13-7-8-19-33(26)37-34/h3-24H,1-2H3;1-24H;1-22H/i3D,4D,5D,6D,7D,9D,11D,13D,14D,15D,16D,17D,18D,19D,20D;1D,2D,3D,4D,5D,6D,7D,8D,9D,12D,13D,14D,16D,17D,18D,19D,20D;1D,2D,3D,4D,5D,6D,9D,10D,11D,12D,14D,15D,16D,17D,18D. The Morgan fingerprint density at radius 2 is 0.475 bits per heavy atom. The molecule has 0 spiro atoms. The molecular formula is C115H74O3. The molecule has 0 bridgehead atoms. The van der Waals surface area contributed by atoms with Gasteiger partial charge in [-0.3, -0.25) is 0 Å². The summed E-state index contributed by atoms with van der Waals surface area (Å²) in [5, 5.41) is 0.211. The third kappa shape index (κ3) is 10.9. The molecule has 3 heteroatoms. The van der Waals surface area contributed by atoms with Gasteiger partial charge in [-0.2, -0.15) is 0 Å². The monoisotopic (exact) mass is 1550 g/mol. The first kappa shape index (κ1) is 36.1. The molecule has 3 heterocycles. The molecule has 118 heavy (non-hydrogen) atoms. The van der Waals surface area contributed by atoms with Crippen molar-refractivity contribution in [1.29, 1.82) is 0 Å². The molecular weight excluding hydrogens is 1430 g/mol. The Balaban J connectivity index is 0.000000133. The molecule has 3 aromatic heterocycles. The van der Waals surface area contributed by atoms with E-state index in [4.69, 9.17) is 58.5 Å². The highest BCUT2D eigenvalue weighted by atomic mass is 16.3. The number of benzene rings is 21. The minimum Gasteiger partial charge on any atom is -0.456 e. The molecule has 1 aliphatic carbocycles. The summed E-state index contributed by atoms with van der Waals surface area (Å²) in [6.07, 6.45) is 0. The number of para-hydroxylation sites is 3. The number of furan rings is 3. The second kappa shape index (κ2) is 27.6. The van der Waals surface area contributed by atoms with E-state index in [1.165, 1.54) is 0 Å². The van der Waals surface area contributed by atoms with Crippen LogP contribution in [0.15, 0.2) is 425 Å². The zero-order valence-electron chi connectivity index (χ0n) is 108. The fraction of sp³-hybridized carbons (Fsp3) is 0.0261. The number of hydrogen-bond acceptors (Lipinski definition) is 3. The van der Waals surface area contributed by atoms with Crippen LogP contribution in [0.2, 0.25) is 0 Å². The van der Waals surface area contributed by atoms with Gasteiger partial charge < -0.3 is 13.3 Å². The van der Waals surface area contributed by atoms with E-state index in [9.17, 15) is 19.2 Å². The molecule has 3 nitrogen and oxygen atoms in total. The molecule has 0 amide bonds. The molecule has 0 aliphatic heterocycles. The Bertz CT molecular complexity index is 11000. The maximum absolute atomic E-state index is 9.50. The van der Waals surface area contributed by atoms with Crippen LogP contribution in [-0.2, 0) is 5.41 Å². The lowest BCUT2D eigenvalue weighted by molar-refractivity contribution is 0.660. The van der Waals surface area contributed by atoms with Gasteiger partial charge in [0.15, 0.2) is 0 Å². The van der Waals surface area contributed by atoms with Crippen LogP contribution in [0.5, 0.6) is 0 Å². The summed E-state index contributed by atoms with van der Waals surface area (Å²) in [6.45, 7) is 3.27. The number of fused-ring (bicyclic) bond motifs is 19. The van der Waals surface area contributed by atoms with Crippen molar-refractivity contribution in [3.63, 3.8) is 0 Å². The van der Waals surface area contributed by atoms with E-state index in [1.807, 2.05) is 36.4 Å². The lowest BCUT2D eigenvalue weighted by atomic mass is 9.80. The topological polar surface area (TPSA) is 39.4 Å². The van der Waals surface area contributed by atoms with Crippen molar-refractivity contribution >= 4 is 141 Å². The van der Waals surface area contributed by atoms with Crippen molar-refractivity contribution in [3.05, 3.63) is 423 Å². The Morgan fingerprint density at radius 3 is 0.907 bits per heavy atom. The largest absolute Gasteiger partial charge is 0.456 e. The van der Waals surface area contributed by atoms with Gasteiger partial charge in [-0.25, -0.2) is 0 Å². The molecule has 25 rings (SSSR count). The van der Waals surface area contributed by atoms with E-state index in [1.54, 1.807) is 105 Å². The highest BCUT2D eigenvalue weighted by Crippen LogP contribution is 2.56. The molecule has 552 valence electrons. The molecule has 0 saturated carbocycles. The molecule has 0 fully saturated rings. The molecule has 0 radical (unpaired) electrons. The molecule has 0 unspecified atom stereocenters. The predicted molar refractivity (Wildman–Crippen MR) is 499 cm³/mol. The van der Waals surface area contributed by atoms with E-state index < -0.39 is 328 Å². The van der Waals surface area contributed by atoms with E-state index in [0.29, 0.717) is 66.2 Å². The van der Waals surface area contributed by atoms with E-state index in [0.717, 1.165) is 10.8 Å². The minimum absolute atomic E-state index is 0.0286. The van der Waals surface area contributed by atoms with Crippen LogP contribution in [0.25, 0.3) is 230 Å². The number of rotatable bonds is 7. The Hall–Kier alpha value is -15.2. The van der Waals surface area contributed by atoms with Crippen molar-refractivity contribution < 1.29 is 77.7 Å². The zero-order chi connectivity index (χ0) is 119. The number of hydrogen-bond donors (Lipinski definition) is 0. The predicted octanol–water partition coefficient (Wildman–Crippen LogP) is 32.8. The smallest absolute Gasteiger partial charge is 0.135 e. The fourth-order valence-electron chi connectivity index (χ4n) is 16.6. The third-order valence-electron chi connectivity index (χ3n) is 21.7. The van der Waals surface area contributed by atoms with Gasteiger partial charge in [-0.15, -0.1) is 0 Å². The summed E-state index contributed by atoms with van der Waals surface area (Å²) in [7, 11) is 0. The lowest BCUT2D eigenvalue weighted by Gasteiger charge is -2.22. The summed E-state index contributed by atoms with van der Waals surface area (Å²) >= 11 is 0. The second-order valence-corrected chi connectivity index (χ2v) is 28.3. The van der Waals surface area contributed by atoms with Gasteiger partial charge in [0, 0.05) is 37.7 Å². The van der Waals surface area contributed by atoms with Crippen LogP contribution in [-0.4, -0.2) is 0 Å². The van der Waals surface area contributed by atoms with Crippen molar-refractivity contribution in [2.75, 3.05) is 0 Å². The molecule has 21 aromatic carbocycles. The lowest BCUT2D eigenvalue weighted by Crippen LogP contribution is -2.14. The summed E-state index contributed by atoms with van der Waals surface area (Å²) < 4.78 is 437. The molecule has 0 N–H and O–H groups in total. The van der Waals surface area contributed by atoms with Crippen LogP contribution in [0, 0.1) is 0 Å². The molecule has 0 saturated heterocycles. The first-order chi connectivity index (χ1) is 77.8. The van der Waals surface area contributed by atoms with Gasteiger partial charge in [-0.1, -0.05) is 371 Å². The van der Waals surface area contributed by atoms with Crippen molar-refractivity contribution in [2.24, 2.45) is 0 Å². The average Bonchev–Trinajstić information content (AvgIpc) is 1.62. The van der Waals surface area contributed by atoms with E-state index in [2.05, 4.69) is 0 Å². The summed E-state index contributed by atoms with van der Waals surface area (Å²) in [6, 6.07) is 4.70.